The van der Waals surface area contributed by atoms with Gasteiger partial charge >= 0.3 is 0 Å². The Hall–Kier alpha value is -2.92. The molecule has 4 rings (SSSR count). The van der Waals surface area contributed by atoms with Crippen LogP contribution in [0, 0.1) is 20.8 Å². The van der Waals surface area contributed by atoms with Crippen molar-refractivity contribution >= 4 is 27.9 Å². The maximum absolute atomic E-state index is 12.6. The lowest BCUT2D eigenvalue weighted by Crippen LogP contribution is -2.16. The van der Waals surface area contributed by atoms with E-state index in [1.54, 1.807) is 11.3 Å². The lowest BCUT2D eigenvalue weighted by molar-refractivity contribution is -0.115. The molecule has 0 aliphatic heterocycles. The Morgan fingerprint density at radius 3 is 2.67 bits per heavy atom. The van der Waals surface area contributed by atoms with Gasteiger partial charge in [-0.1, -0.05) is 42.0 Å². The SMILES string of the molecule is Cc1ccc(-c2cn3c(CC(=O)Nc4cccc(C)c4C)csc3n2)cc1. The van der Waals surface area contributed by atoms with Crippen LogP contribution in [0.5, 0.6) is 0 Å². The zero-order chi connectivity index (χ0) is 19.0. The lowest BCUT2D eigenvalue weighted by atomic mass is 10.1. The minimum atomic E-state index is -0.0195. The number of thiazole rings is 1. The van der Waals surface area contributed by atoms with Gasteiger partial charge in [-0.2, -0.15) is 0 Å². The standard InChI is InChI=1S/C22H21N3OS/c1-14-7-9-17(10-8-14)20-12-25-18(13-27-22(25)24-20)11-21(26)23-19-6-4-5-15(2)16(19)3/h4-10,12-13H,11H2,1-3H3,(H,23,26). The summed E-state index contributed by atoms with van der Waals surface area (Å²) in [6.07, 6.45) is 2.33. The molecule has 0 bridgehead atoms. The van der Waals surface area contributed by atoms with Gasteiger partial charge in [0, 0.05) is 28.5 Å². The summed E-state index contributed by atoms with van der Waals surface area (Å²) in [4.78, 5) is 18.2. The number of nitrogens with one attached hydrogen (secondary N) is 1. The number of anilines is 1. The van der Waals surface area contributed by atoms with Crippen molar-refractivity contribution in [1.29, 1.82) is 0 Å². The Labute approximate surface area is 162 Å². The van der Waals surface area contributed by atoms with Crippen molar-refractivity contribution in [3.05, 3.63) is 76.4 Å². The molecule has 4 aromatic rings. The fourth-order valence-corrected chi connectivity index (χ4v) is 3.94. The van der Waals surface area contributed by atoms with Crippen LogP contribution in [-0.4, -0.2) is 15.3 Å². The number of hydrogen-bond donors (Lipinski definition) is 1. The molecule has 0 saturated carbocycles. The third-order valence-electron chi connectivity index (χ3n) is 4.85. The molecular weight excluding hydrogens is 354 g/mol. The van der Waals surface area contributed by atoms with Gasteiger partial charge in [-0.15, -0.1) is 11.3 Å². The average Bonchev–Trinajstić information content (AvgIpc) is 3.22. The Morgan fingerprint density at radius 1 is 1.11 bits per heavy atom. The first-order valence-electron chi connectivity index (χ1n) is 8.90. The summed E-state index contributed by atoms with van der Waals surface area (Å²) < 4.78 is 2.02. The number of carbonyl (C=O) groups excluding carboxylic acids is 1. The molecule has 4 nitrogen and oxygen atoms in total. The van der Waals surface area contributed by atoms with Gasteiger partial charge in [0.25, 0.3) is 0 Å². The second-order valence-corrected chi connectivity index (χ2v) is 7.68. The van der Waals surface area contributed by atoms with Gasteiger partial charge in [0.2, 0.25) is 5.91 Å². The summed E-state index contributed by atoms with van der Waals surface area (Å²) in [6.45, 7) is 6.14. The molecule has 0 saturated heterocycles. The molecule has 0 atom stereocenters. The van der Waals surface area contributed by atoms with E-state index in [1.165, 1.54) is 11.1 Å². The van der Waals surface area contributed by atoms with Crippen LogP contribution in [0.1, 0.15) is 22.4 Å². The molecule has 1 amide bonds. The van der Waals surface area contributed by atoms with Gasteiger partial charge in [-0.25, -0.2) is 4.98 Å². The third kappa shape index (κ3) is 3.51. The number of aromatic nitrogens is 2. The topological polar surface area (TPSA) is 46.4 Å². The van der Waals surface area contributed by atoms with Crippen molar-refractivity contribution in [2.24, 2.45) is 0 Å². The first kappa shape index (κ1) is 17.5. The van der Waals surface area contributed by atoms with Gasteiger partial charge in [-0.3, -0.25) is 9.20 Å². The highest BCUT2D eigenvalue weighted by Crippen LogP contribution is 2.25. The van der Waals surface area contributed by atoms with Crippen molar-refractivity contribution in [2.45, 2.75) is 27.2 Å². The van der Waals surface area contributed by atoms with E-state index in [9.17, 15) is 4.79 Å². The predicted octanol–water partition coefficient (Wildman–Crippen LogP) is 5.17. The summed E-state index contributed by atoms with van der Waals surface area (Å²) in [7, 11) is 0. The van der Waals surface area contributed by atoms with Gasteiger partial charge in [0.1, 0.15) is 0 Å². The molecule has 136 valence electrons. The number of hydrogen-bond acceptors (Lipinski definition) is 3. The van der Waals surface area contributed by atoms with E-state index in [4.69, 9.17) is 4.98 Å². The van der Waals surface area contributed by atoms with Crippen LogP contribution < -0.4 is 5.32 Å². The maximum atomic E-state index is 12.6. The van der Waals surface area contributed by atoms with E-state index >= 15 is 0 Å². The predicted molar refractivity (Wildman–Crippen MR) is 111 cm³/mol. The van der Waals surface area contributed by atoms with E-state index in [0.29, 0.717) is 6.42 Å². The molecule has 27 heavy (non-hydrogen) atoms. The van der Waals surface area contributed by atoms with Gasteiger partial charge in [0.15, 0.2) is 4.96 Å². The van der Waals surface area contributed by atoms with Crippen LogP contribution in [0.25, 0.3) is 16.2 Å². The van der Waals surface area contributed by atoms with Crippen molar-refractivity contribution in [3.63, 3.8) is 0 Å². The Kier molecular flexibility index (Phi) is 4.54. The smallest absolute Gasteiger partial charge is 0.230 e. The highest BCUT2D eigenvalue weighted by molar-refractivity contribution is 7.15. The van der Waals surface area contributed by atoms with E-state index in [1.807, 2.05) is 48.0 Å². The van der Waals surface area contributed by atoms with Crippen LogP contribution in [0.15, 0.2) is 54.0 Å². The molecule has 0 radical (unpaired) electrons. The largest absolute Gasteiger partial charge is 0.326 e. The van der Waals surface area contributed by atoms with E-state index < -0.39 is 0 Å². The van der Waals surface area contributed by atoms with Crippen LogP contribution in [-0.2, 0) is 11.2 Å². The zero-order valence-electron chi connectivity index (χ0n) is 15.6. The van der Waals surface area contributed by atoms with Gasteiger partial charge in [-0.05, 0) is 38.0 Å². The molecule has 0 aliphatic carbocycles. The number of amides is 1. The molecule has 5 heteroatoms. The summed E-state index contributed by atoms with van der Waals surface area (Å²) in [5.41, 5.74) is 7.33. The number of carbonyl (C=O) groups is 1. The number of fused-ring (bicyclic) bond motifs is 1. The molecule has 2 aromatic carbocycles. The lowest BCUT2D eigenvalue weighted by Gasteiger charge is -2.10. The van der Waals surface area contributed by atoms with Crippen molar-refractivity contribution in [3.8, 4) is 11.3 Å². The molecule has 1 N–H and O–H groups in total. The summed E-state index contributed by atoms with van der Waals surface area (Å²) >= 11 is 1.56. The summed E-state index contributed by atoms with van der Waals surface area (Å²) in [5.74, 6) is -0.0195. The van der Waals surface area contributed by atoms with Crippen LogP contribution in [0.4, 0.5) is 5.69 Å². The van der Waals surface area contributed by atoms with E-state index in [0.717, 1.165) is 33.2 Å². The number of benzene rings is 2. The average molecular weight is 375 g/mol. The fourth-order valence-electron chi connectivity index (χ4n) is 3.07. The van der Waals surface area contributed by atoms with E-state index in [2.05, 4.69) is 36.5 Å². The second-order valence-electron chi connectivity index (χ2n) is 6.84. The number of imidazole rings is 1. The monoisotopic (exact) mass is 375 g/mol. The van der Waals surface area contributed by atoms with E-state index in [-0.39, 0.29) is 5.91 Å². The summed E-state index contributed by atoms with van der Waals surface area (Å²) in [5, 5.41) is 5.03. The Morgan fingerprint density at radius 2 is 1.89 bits per heavy atom. The van der Waals surface area contributed by atoms with Crippen LogP contribution in [0.2, 0.25) is 0 Å². The first-order chi connectivity index (χ1) is 13.0. The molecule has 2 aromatic heterocycles. The molecular formula is C22H21N3OS. The van der Waals surface area contributed by atoms with Crippen LogP contribution in [0.3, 0.4) is 0 Å². The normalized spacial score (nSPS) is 11.1. The quantitative estimate of drug-likeness (QED) is 0.535. The fraction of sp³-hybridized carbons (Fsp3) is 0.182. The van der Waals surface area contributed by atoms with Crippen molar-refractivity contribution < 1.29 is 4.79 Å². The number of nitrogens with zero attached hydrogens (tertiary/aromatic N) is 2. The molecule has 2 heterocycles. The van der Waals surface area contributed by atoms with Gasteiger partial charge in [0.05, 0.1) is 12.1 Å². The molecule has 0 aliphatic rings. The molecule has 0 unspecified atom stereocenters. The highest BCUT2D eigenvalue weighted by atomic mass is 32.1. The molecule has 0 spiro atoms. The Bertz CT molecular complexity index is 1120. The maximum Gasteiger partial charge on any atom is 0.230 e. The van der Waals surface area contributed by atoms with Gasteiger partial charge < -0.3 is 5.32 Å². The van der Waals surface area contributed by atoms with Crippen molar-refractivity contribution in [1.82, 2.24) is 9.38 Å². The molecule has 0 fully saturated rings. The summed E-state index contributed by atoms with van der Waals surface area (Å²) in [6, 6.07) is 14.3. The van der Waals surface area contributed by atoms with Crippen molar-refractivity contribution in [2.75, 3.05) is 5.32 Å². The minimum absolute atomic E-state index is 0.0195. The highest BCUT2D eigenvalue weighted by Gasteiger charge is 2.13. The minimum Gasteiger partial charge on any atom is -0.326 e. The first-order valence-corrected chi connectivity index (χ1v) is 9.78. The van der Waals surface area contributed by atoms with Crippen LogP contribution >= 0.6 is 11.3 Å². The number of aryl methyl sites for hydroxylation is 2. The Balaban J connectivity index is 1.56. The zero-order valence-corrected chi connectivity index (χ0v) is 16.4. The third-order valence-corrected chi connectivity index (χ3v) is 5.74. The number of rotatable bonds is 4. The second kappa shape index (κ2) is 7.00.